The van der Waals surface area contributed by atoms with Crippen molar-refractivity contribution in [2.45, 2.75) is 83.4 Å². The molecule has 0 heterocycles. The normalized spacial score (nSPS) is 26.9. The van der Waals surface area contributed by atoms with Crippen LogP contribution in [0, 0.1) is 17.3 Å². The molecule has 2 N–H and O–H groups in total. The fourth-order valence-electron chi connectivity index (χ4n) is 5.69. The van der Waals surface area contributed by atoms with E-state index in [2.05, 4.69) is 5.32 Å². The minimum Gasteiger partial charge on any atom is -0.490 e. The lowest BCUT2D eigenvalue weighted by molar-refractivity contribution is -0.185. The lowest BCUT2D eigenvalue weighted by atomic mass is 9.58. The van der Waals surface area contributed by atoms with Crippen molar-refractivity contribution < 1.29 is 41.0 Å². The molecule has 2 aliphatic rings. The van der Waals surface area contributed by atoms with Gasteiger partial charge in [-0.05, 0) is 72.9 Å². The number of hydrogen-bond acceptors (Lipinski definition) is 3. The SMILES string of the molecule is C[C@H](N[C@@H]1C[C@@H](C(=O)O)C1(C)C)c1ccc2ccc(O[C@H]3CC[C@@H](C(F)(F)F)CC3)c(C(F)(F)F)c2c1. The Morgan fingerprint density at radius 2 is 1.68 bits per heavy atom. The average molecular weight is 532 g/mol. The van der Waals surface area contributed by atoms with Crippen LogP contribution in [0.2, 0.25) is 0 Å². The highest BCUT2D eigenvalue weighted by Crippen LogP contribution is 2.48. The van der Waals surface area contributed by atoms with Gasteiger partial charge in [0.2, 0.25) is 0 Å². The monoisotopic (exact) mass is 531 g/mol. The second-order valence-electron chi connectivity index (χ2n) is 10.9. The number of carbonyl (C=O) groups is 1. The van der Waals surface area contributed by atoms with E-state index < -0.39 is 47.2 Å². The Kier molecular flexibility index (Phi) is 7.20. The van der Waals surface area contributed by atoms with Crippen LogP contribution >= 0.6 is 0 Å². The Bertz CT molecular complexity index is 1150. The minimum atomic E-state index is -4.74. The summed E-state index contributed by atoms with van der Waals surface area (Å²) in [7, 11) is 0. The number of nitrogens with one attached hydrogen (secondary N) is 1. The van der Waals surface area contributed by atoms with Crippen LogP contribution in [-0.4, -0.2) is 29.4 Å². The van der Waals surface area contributed by atoms with Crippen molar-refractivity contribution in [2.24, 2.45) is 17.3 Å². The maximum atomic E-state index is 14.3. The van der Waals surface area contributed by atoms with Gasteiger partial charge in [0.05, 0.1) is 17.9 Å². The van der Waals surface area contributed by atoms with Crippen molar-refractivity contribution in [1.82, 2.24) is 5.32 Å². The fourth-order valence-corrected chi connectivity index (χ4v) is 5.69. The van der Waals surface area contributed by atoms with Crippen molar-refractivity contribution >= 4 is 16.7 Å². The summed E-state index contributed by atoms with van der Waals surface area (Å²) in [5.74, 6) is -3.18. The number of benzene rings is 2. The van der Waals surface area contributed by atoms with Crippen LogP contribution in [0.1, 0.15) is 70.0 Å². The van der Waals surface area contributed by atoms with E-state index in [0.717, 1.165) is 0 Å². The molecule has 37 heavy (non-hydrogen) atoms. The molecular weight excluding hydrogens is 500 g/mol. The molecule has 3 atom stereocenters. The zero-order valence-electron chi connectivity index (χ0n) is 20.8. The van der Waals surface area contributed by atoms with Gasteiger partial charge < -0.3 is 15.2 Å². The molecule has 0 amide bonds. The molecule has 0 radical (unpaired) electrons. The maximum Gasteiger partial charge on any atom is 0.420 e. The van der Waals surface area contributed by atoms with Crippen molar-refractivity contribution in [2.75, 3.05) is 0 Å². The van der Waals surface area contributed by atoms with Crippen molar-refractivity contribution in [3.8, 4) is 5.75 Å². The molecule has 0 bridgehead atoms. The highest BCUT2D eigenvalue weighted by molar-refractivity contribution is 5.89. The molecule has 0 spiro atoms. The van der Waals surface area contributed by atoms with Crippen LogP contribution in [0.15, 0.2) is 30.3 Å². The first-order valence-corrected chi connectivity index (χ1v) is 12.4. The Labute approximate surface area is 211 Å². The topological polar surface area (TPSA) is 58.6 Å². The van der Waals surface area contributed by atoms with E-state index in [1.165, 1.54) is 18.2 Å². The zero-order chi connectivity index (χ0) is 27.3. The largest absolute Gasteiger partial charge is 0.490 e. The maximum absolute atomic E-state index is 14.3. The fraction of sp³-hybridized carbons (Fsp3) is 0.593. The van der Waals surface area contributed by atoms with Gasteiger partial charge in [-0.3, -0.25) is 4.79 Å². The first-order valence-electron chi connectivity index (χ1n) is 12.4. The summed E-state index contributed by atoms with van der Waals surface area (Å²) in [4.78, 5) is 11.4. The smallest absolute Gasteiger partial charge is 0.420 e. The van der Waals surface area contributed by atoms with Crippen LogP contribution in [-0.2, 0) is 11.0 Å². The van der Waals surface area contributed by atoms with Crippen molar-refractivity contribution in [3.63, 3.8) is 0 Å². The zero-order valence-corrected chi connectivity index (χ0v) is 20.8. The summed E-state index contributed by atoms with van der Waals surface area (Å²) >= 11 is 0. The van der Waals surface area contributed by atoms with Gasteiger partial charge in [0.15, 0.2) is 0 Å². The Morgan fingerprint density at radius 1 is 1.05 bits per heavy atom. The number of alkyl halides is 6. The number of rotatable bonds is 6. The third kappa shape index (κ3) is 5.54. The van der Waals surface area contributed by atoms with Crippen LogP contribution in [0.25, 0.3) is 10.8 Å². The number of fused-ring (bicyclic) bond motifs is 1. The van der Waals surface area contributed by atoms with E-state index in [4.69, 9.17) is 4.74 Å². The van der Waals surface area contributed by atoms with Crippen molar-refractivity contribution in [3.05, 3.63) is 41.5 Å². The van der Waals surface area contributed by atoms with Crippen LogP contribution in [0.5, 0.6) is 5.75 Å². The number of halogens is 6. The van der Waals surface area contributed by atoms with Crippen LogP contribution in [0.4, 0.5) is 26.3 Å². The molecule has 0 aliphatic heterocycles. The lowest BCUT2D eigenvalue weighted by Crippen LogP contribution is -2.59. The average Bonchev–Trinajstić information content (AvgIpc) is 2.79. The molecule has 2 aliphatic carbocycles. The number of ether oxygens (including phenoxy) is 1. The van der Waals surface area contributed by atoms with Gasteiger partial charge in [-0.15, -0.1) is 0 Å². The van der Waals surface area contributed by atoms with Crippen molar-refractivity contribution in [1.29, 1.82) is 0 Å². The van der Waals surface area contributed by atoms with E-state index in [-0.39, 0.29) is 48.9 Å². The van der Waals surface area contributed by atoms with Gasteiger partial charge in [0.25, 0.3) is 0 Å². The highest BCUT2D eigenvalue weighted by Gasteiger charge is 2.52. The standard InChI is InChI=1S/C27H31F6NO3/c1-14(34-22-13-20(24(35)36)25(22,2)3)16-5-4-15-6-11-21(23(19(15)12-16)27(31,32)33)37-18-9-7-17(8-10-18)26(28,29)30/h4-6,11-12,14,17-18,20,22,34H,7-10,13H2,1-3H3,(H,35,36)/t14-,17-,18+,20-,22+/m0/s1. The molecule has 0 saturated heterocycles. The van der Waals surface area contributed by atoms with E-state index in [1.807, 2.05) is 20.8 Å². The summed E-state index contributed by atoms with van der Waals surface area (Å²) in [6.07, 6.45) is -9.60. The number of aliphatic carboxylic acids is 1. The molecule has 2 aromatic rings. The van der Waals surface area contributed by atoms with Gasteiger partial charge in [0.1, 0.15) is 11.3 Å². The molecule has 4 rings (SSSR count). The summed E-state index contributed by atoms with van der Waals surface area (Å²) in [6.45, 7) is 5.53. The molecule has 0 aromatic heterocycles. The third-order valence-corrected chi connectivity index (χ3v) is 8.24. The molecule has 4 nitrogen and oxygen atoms in total. The van der Waals surface area contributed by atoms with Gasteiger partial charge in [-0.2, -0.15) is 26.3 Å². The summed E-state index contributed by atoms with van der Waals surface area (Å²) in [6, 6.07) is 7.11. The molecule has 0 unspecified atom stereocenters. The van der Waals surface area contributed by atoms with Gasteiger partial charge >= 0.3 is 18.3 Å². The minimum absolute atomic E-state index is 0.0367. The molecular formula is C27H31F6NO3. The Balaban J connectivity index is 1.58. The summed E-state index contributed by atoms with van der Waals surface area (Å²) < 4.78 is 87.4. The van der Waals surface area contributed by atoms with Crippen LogP contribution < -0.4 is 10.1 Å². The van der Waals surface area contributed by atoms with Crippen LogP contribution in [0.3, 0.4) is 0 Å². The predicted octanol–water partition coefficient (Wildman–Crippen LogP) is 7.51. The van der Waals surface area contributed by atoms with E-state index in [1.54, 1.807) is 12.1 Å². The predicted molar refractivity (Wildman–Crippen MR) is 126 cm³/mol. The highest BCUT2D eigenvalue weighted by atomic mass is 19.4. The molecule has 2 saturated carbocycles. The summed E-state index contributed by atoms with van der Waals surface area (Å²) in [5, 5.41) is 13.0. The number of carboxylic acid groups (broad SMARTS) is 1. The van der Waals surface area contributed by atoms with E-state index >= 15 is 0 Å². The summed E-state index contributed by atoms with van der Waals surface area (Å²) in [5.41, 5.74) is -0.831. The molecule has 2 fully saturated rings. The Hall–Kier alpha value is -2.49. The molecule has 2 aromatic carbocycles. The number of carboxylic acids is 1. The third-order valence-electron chi connectivity index (χ3n) is 8.24. The second kappa shape index (κ2) is 9.67. The van der Waals surface area contributed by atoms with E-state index in [9.17, 15) is 36.2 Å². The molecule has 204 valence electrons. The van der Waals surface area contributed by atoms with Gasteiger partial charge in [-0.25, -0.2) is 0 Å². The van der Waals surface area contributed by atoms with Gasteiger partial charge in [-0.1, -0.05) is 32.0 Å². The quantitative estimate of drug-likeness (QED) is 0.379. The Morgan fingerprint density at radius 3 is 2.22 bits per heavy atom. The molecule has 10 heteroatoms. The first-order chi connectivity index (χ1) is 17.1. The number of hydrogen-bond donors (Lipinski definition) is 2. The lowest BCUT2D eigenvalue weighted by Gasteiger charge is -2.51. The van der Waals surface area contributed by atoms with Gasteiger partial charge in [0, 0.05) is 12.1 Å². The second-order valence-corrected chi connectivity index (χ2v) is 10.9. The van der Waals surface area contributed by atoms with E-state index in [0.29, 0.717) is 17.4 Å². The first kappa shape index (κ1) is 27.5.